The highest BCUT2D eigenvalue weighted by molar-refractivity contribution is 5.91. The van der Waals surface area contributed by atoms with Crippen molar-refractivity contribution >= 4 is 11.6 Å². The molecule has 152 valence electrons. The van der Waals surface area contributed by atoms with Gasteiger partial charge in [-0.05, 0) is 60.7 Å². The zero-order chi connectivity index (χ0) is 19.6. The van der Waals surface area contributed by atoms with Crippen LogP contribution in [0.2, 0.25) is 0 Å². The average Bonchev–Trinajstić information content (AvgIpc) is 3.31. The normalized spacial score (nSPS) is 22.8. The van der Waals surface area contributed by atoms with Crippen molar-refractivity contribution in [3.63, 3.8) is 0 Å². The molecule has 1 unspecified atom stereocenters. The summed E-state index contributed by atoms with van der Waals surface area (Å²) in [6.07, 6.45) is 6.67. The fraction of sp³-hybridized carbons (Fsp3) is 0.458. The Morgan fingerprint density at radius 2 is 1.83 bits per heavy atom. The first-order valence-electron chi connectivity index (χ1n) is 10.9. The summed E-state index contributed by atoms with van der Waals surface area (Å²) in [7, 11) is 0. The van der Waals surface area contributed by atoms with Crippen molar-refractivity contribution in [2.45, 2.75) is 44.6 Å². The Balaban J connectivity index is 1.26. The molecule has 0 saturated carbocycles. The van der Waals surface area contributed by atoms with Gasteiger partial charge in [-0.15, -0.1) is 0 Å². The van der Waals surface area contributed by atoms with Crippen LogP contribution in [0.3, 0.4) is 0 Å². The number of carbonyl (C=O) groups excluding carboxylic acids is 1. The molecular formula is C24H29N2O3+. The molecule has 5 rings (SSSR count). The second-order valence-corrected chi connectivity index (χ2v) is 8.42. The van der Waals surface area contributed by atoms with Gasteiger partial charge < -0.3 is 19.7 Å². The van der Waals surface area contributed by atoms with Gasteiger partial charge in [-0.1, -0.05) is 6.07 Å². The van der Waals surface area contributed by atoms with Gasteiger partial charge in [0.05, 0.1) is 19.8 Å². The van der Waals surface area contributed by atoms with Crippen molar-refractivity contribution in [1.82, 2.24) is 0 Å². The fourth-order valence-electron chi connectivity index (χ4n) is 4.98. The number of likely N-dealkylation sites (tertiary alicyclic amines) is 1. The quantitative estimate of drug-likeness (QED) is 0.840. The summed E-state index contributed by atoms with van der Waals surface area (Å²) in [4.78, 5) is 14.1. The molecule has 1 saturated heterocycles. The minimum absolute atomic E-state index is 0.0965. The number of amides is 1. The first kappa shape index (κ1) is 18.5. The van der Waals surface area contributed by atoms with E-state index in [-0.39, 0.29) is 5.91 Å². The van der Waals surface area contributed by atoms with Crippen molar-refractivity contribution in [1.29, 1.82) is 0 Å². The SMILES string of the molecule is O=C(C[NH+]1CCC[C@H]1c1ccc2c(c1)OCCCO2)Nc1ccc2c(c1)CCC2. The van der Waals surface area contributed by atoms with Gasteiger partial charge >= 0.3 is 0 Å². The molecule has 2 N–H and O–H groups in total. The molecular weight excluding hydrogens is 364 g/mol. The summed E-state index contributed by atoms with van der Waals surface area (Å²) in [5, 5.41) is 3.12. The second-order valence-electron chi connectivity index (χ2n) is 8.42. The number of rotatable bonds is 4. The van der Waals surface area contributed by atoms with Crippen LogP contribution in [0, 0.1) is 0 Å². The number of nitrogens with one attached hydrogen (secondary N) is 2. The van der Waals surface area contributed by atoms with E-state index in [1.807, 2.05) is 12.1 Å². The Labute approximate surface area is 172 Å². The molecule has 5 heteroatoms. The maximum atomic E-state index is 12.7. The van der Waals surface area contributed by atoms with E-state index in [9.17, 15) is 4.79 Å². The lowest BCUT2D eigenvalue weighted by Crippen LogP contribution is -3.11. The van der Waals surface area contributed by atoms with E-state index < -0.39 is 0 Å². The number of quaternary nitrogens is 1. The highest BCUT2D eigenvalue weighted by Gasteiger charge is 2.32. The number of hydrogen-bond donors (Lipinski definition) is 2. The number of anilines is 1. The lowest BCUT2D eigenvalue weighted by atomic mass is 10.0. The van der Waals surface area contributed by atoms with Crippen molar-refractivity contribution in [3.05, 3.63) is 53.1 Å². The first-order valence-corrected chi connectivity index (χ1v) is 10.9. The topological polar surface area (TPSA) is 52.0 Å². The second kappa shape index (κ2) is 8.07. The molecule has 0 aromatic heterocycles. The van der Waals surface area contributed by atoms with E-state index >= 15 is 0 Å². The summed E-state index contributed by atoms with van der Waals surface area (Å²) < 4.78 is 11.6. The van der Waals surface area contributed by atoms with Crippen LogP contribution in [-0.4, -0.2) is 32.2 Å². The minimum atomic E-state index is 0.0965. The predicted molar refractivity (Wildman–Crippen MR) is 112 cm³/mol. The van der Waals surface area contributed by atoms with Crippen LogP contribution in [0.15, 0.2) is 36.4 Å². The molecule has 0 spiro atoms. The van der Waals surface area contributed by atoms with E-state index in [1.54, 1.807) is 0 Å². The van der Waals surface area contributed by atoms with E-state index in [0.29, 0.717) is 25.8 Å². The lowest BCUT2D eigenvalue weighted by Gasteiger charge is -2.22. The zero-order valence-corrected chi connectivity index (χ0v) is 16.8. The maximum absolute atomic E-state index is 12.7. The monoisotopic (exact) mass is 393 g/mol. The van der Waals surface area contributed by atoms with E-state index in [2.05, 4.69) is 29.6 Å². The maximum Gasteiger partial charge on any atom is 0.279 e. The molecule has 2 aliphatic heterocycles. The average molecular weight is 394 g/mol. The highest BCUT2D eigenvalue weighted by Crippen LogP contribution is 2.33. The van der Waals surface area contributed by atoms with Gasteiger partial charge in [-0.25, -0.2) is 0 Å². The van der Waals surface area contributed by atoms with Crippen molar-refractivity contribution in [3.8, 4) is 11.5 Å². The molecule has 29 heavy (non-hydrogen) atoms. The van der Waals surface area contributed by atoms with Crippen LogP contribution in [0.1, 0.15) is 48.4 Å². The number of ether oxygens (including phenoxy) is 2. The third-order valence-corrected chi connectivity index (χ3v) is 6.43. The van der Waals surface area contributed by atoms with Gasteiger partial charge in [0, 0.05) is 30.5 Å². The van der Waals surface area contributed by atoms with Gasteiger partial charge in [-0.3, -0.25) is 4.79 Å². The van der Waals surface area contributed by atoms with Crippen LogP contribution in [0.5, 0.6) is 11.5 Å². The number of benzene rings is 2. The fourth-order valence-corrected chi connectivity index (χ4v) is 4.98. The van der Waals surface area contributed by atoms with Crippen LogP contribution in [-0.2, 0) is 17.6 Å². The van der Waals surface area contributed by atoms with Crippen molar-refractivity contribution in [2.75, 3.05) is 31.6 Å². The summed E-state index contributed by atoms with van der Waals surface area (Å²) >= 11 is 0. The van der Waals surface area contributed by atoms with E-state index in [0.717, 1.165) is 49.4 Å². The third-order valence-electron chi connectivity index (χ3n) is 6.43. The Morgan fingerprint density at radius 3 is 2.76 bits per heavy atom. The number of aryl methyl sites for hydroxylation is 2. The largest absolute Gasteiger partial charge is 0.490 e. The van der Waals surface area contributed by atoms with E-state index in [1.165, 1.54) is 34.4 Å². The molecule has 1 aliphatic carbocycles. The number of fused-ring (bicyclic) bond motifs is 2. The van der Waals surface area contributed by atoms with Gasteiger partial charge in [0.15, 0.2) is 18.0 Å². The van der Waals surface area contributed by atoms with Crippen molar-refractivity contribution < 1.29 is 19.2 Å². The van der Waals surface area contributed by atoms with E-state index in [4.69, 9.17) is 9.47 Å². The van der Waals surface area contributed by atoms with Gasteiger partial charge in [0.2, 0.25) is 0 Å². The molecule has 1 amide bonds. The van der Waals surface area contributed by atoms with Gasteiger partial charge in [0.25, 0.3) is 5.91 Å². The first-order chi connectivity index (χ1) is 14.3. The summed E-state index contributed by atoms with van der Waals surface area (Å²) in [6.45, 7) is 2.92. The van der Waals surface area contributed by atoms with Gasteiger partial charge in [0.1, 0.15) is 6.04 Å². The molecule has 0 radical (unpaired) electrons. The van der Waals surface area contributed by atoms with Crippen LogP contribution in [0.4, 0.5) is 5.69 Å². The summed E-state index contributed by atoms with van der Waals surface area (Å²) in [5.41, 5.74) is 5.00. The Hall–Kier alpha value is -2.53. The Morgan fingerprint density at radius 1 is 0.966 bits per heavy atom. The molecule has 3 aliphatic rings. The zero-order valence-electron chi connectivity index (χ0n) is 16.8. The molecule has 1 fully saturated rings. The minimum Gasteiger partial charge on any atom is -0.490 e. The molecule has 5 nitrogen and oxygen atoms in total. The van der Waals surface area contributed by atoms with Gasteiger partial charge in [-0.2, -0.15) is 0 Å². The summed E-state index contributed by atoms with van der Waals surface area (Å²) in [6, 6.07) is 13.0. The number of carbonyl (C=O) groups is 1. The van der Waals surface area contributed by atoms with Crippen LogP contribution in [0.25, 0.3) is 0 Å². The Bertz CT molecular complexity index is 911. The molecule has 2 heterocycles. The van der Waals surface area contributed by atoms with Crippen molar-refractivity contribution in [2.24, 2.45) is 0 Å². The predicted octanol–water partition coefficient (Wildman–Crippen LogP) is 2.70. The smallest absolute Gasteiger partial charge is 0.279 e. The molecule has 2 aromatic rings. The Kier molecular flexibility index (Phi) is 5.15. The van der Waals surface area contributed by atoms with Crippen LogP contribution >= 0.6 is 0 Å². The lowest BCUT2D eigenvalue weighted by molar-refractivity contribution is -0.910. The standard InChI is InChI=1S/C24H28N2O3/c27-24(25-20-9-7-17-4-1-5-18(17)14-20)16-26-11-2-6-21(26)19-8-10-22-23(15-19)29-13-3-12-28-22/h7-10,14-15,21H,1-6,11-13,16H2,(H,25,27)/p+1/t21-/m0/s1. The molecule has 0 bridgehead atoms. The third kappa shape index (κ3) is 3.97. The van der Waals surface area contributed by atoms with Crippen LogP contribution < -0.4 is 19.7 Å². The molecule has 2 aromatic carbocycles. The summed E-state index contributed by atoms with van der Waals surface area (Å²) in [5.74, 6) is 1.77. The molecule has 2 atom stereocenters. The highest BCUT2D eigenvalue weighted by atomic mass is 16.5. The number of hydrogen-bond acceptors (Lipinski definition) is 3.